The van der Waals surface area contributed by atoms with E-state index in [1.165, 1.54) is 16.8 Å². The second-order valence-corrected chi connectivity index (χ2v) is 6.93. The number of hydrogen-bond donors (Lipinski definition) is 1. The molecule has 2 aliphatic rings. The van der Waals surface area contributed by atoms with Crippen LogP contribution in [0.1, 0.15) is 17.2 Å². The molecule has 0 radical (unpaired) electrons. The Morgan fingerprint density at radius 1 is 0.962 bits per heavy atom. The molecule has 2 atom stereocenters. The molecule has 2 aromatic carbocycles. The molecule has 1 aliphatic carbocycles. The van der Waals surface area contributed by atoms with E-state index in [0.717, 1.165) is 38.3 Å². The summed E-state index contributed by atoms with van der Waals surface area (Å²) in [5.74, 6) is 0.970. The Morgan fingerprint density at radius 2 is 1.65 bits per heavy atom. The number of fused-ring (bicyclic) bond motifs is 1. The third kappa shape index (κ3) is 3.41. The summed E-state index contributed by atoms with van der Waals surface area (Å²) in [5.41, 5.74) is 4.19. The molecule has 0 bridgehead atoms. The fourth-order valence-electron chi connectivity index (χ4n) is 4.45. The van der Waals surface area contributed by atoms with Crippen LogP contribution in [0.2, 0.25) is 0 Å². The number of methoxy groups -OCH3 is 1. The predicted octanol–water partition coefficient (Wildman–Crippen LogP) is 3.12. The van der Waals surface area contributed by atoms with Crippen LogP contribution in [-0.2, 0) is 6.42 Å². The van der Waals surface area contributed by atoms with Gasteiger partial charge in [0.2, 0.25) is 0 Å². The summed E-state index contributed by atoms with van der Waals surface area (Å²) in [7, 11) is 3.84. The van der Waals surface area contributed by atoms with Crippen molar-refractivity contribution in [3.8, 4) is 5.75 Å². The number of nitrogens with zero attached hydrogens (tertiary/aromatic N) is 2. The molecular weight excluding hydrogens is 346 g/mol. The minimum Gasteiger partial charge on any atom is -0.495 e. The number of rotatable bonds is 4. The van der Waals surface area contributed by atoms with E-state index in [1.54, 1.807) is 7.11 Å². The molecule has 2 unspecified atom stereocenters. The molecule has 4 nitrogen and oxygen atoms in total. The number of halogens is 1. The van der Waals surface area contributed by atoms with E-state index in [4.69, 9.17) is 4.74 Å². The quantitative estimate of drug-likeness (QED) is 0.891. The van der Waals surface area contributed by atoms with E-state index < -0.39 is 0 Å². The van der Waals surface area contributed by atoms with Gasteiger partial charge < -0.3 is 15.0 Å². The van der Waals surface area contributed by atoms with Crippen LogP contribution in [0.15, 0.2) is 48.5 Å². The zero-order chi connectivity index (χ0) is 17.2. The Kier molecular flexibility index (Phi) is 6.07. The Balaban J connectivity index is 0.00000196. The molecule has 1 aliphatic heterocycles. The van der Waals surface area contributed by atoms with Crippen LogP contribution < -0.4 is 15.0 Å². The van der Waals surface area contributed by atoms with Gasteiger partial charge >= 0.3 is 0 Å². The van der Waals surface area contributed by atoms with Crippen LogP contribution in [0.4, 0.5) is 5.69 Å². The summed E-state index contributed by atoms with van der Waals surface area (Å²) < 4.78 is 5.54. The molecular formula is C21H28ClN3O. The molecule has 5 heteroatoms. The normalized spacial score (nSPS) is 22.6. The molecule has 0 amide bonds. The number of anilines is 1. The zero-order valence-corrected chi connectivity index (χ0v) is 16.3. The highest BCUT2D eigenvalue weighted by Crippen LogP contribution is 2.35. The largest absolute Gasteiger partial charge is 0.495 e. The van der Waals surface area contributed by atoms with E-state index in [9.17, 15) is 0 Å². The molecule has 0 spiro atoms. The minimum absolute atomic E-state index is 0. The summed E-state index contributed by atoms with van der Waals surface area (Å²) >= 11 is 0. The van der Waals surface area contributed by atoms with Crippen LogP contribution in [-0.4, -0.2) is 51.3 Å². The summed E-state index contributed by atoms with van der Waals surface area (Å²) in [5, 5.41) is 3.55. The van der Waals surface area contributed by atoms with Gasteiger partial charge in [0.25, 0.3) is 0 Å². The number of likely N-dealkylation sites (N-methyl/N-ethyl adjacent to an activating group) is 1. The van der Waals surface area contributed by atoms with Gasteiger partial charge in [-0.25, -0.2) is 0 Å². The standard InChI is InChI=1S/C21H27N3O.ClH/c1-22-21-17-8-4-3-7-16(17)15-19(21)24-13-11-23(12-14-24)18-9-5-6-10-20(18)25-2;/h3-10,19,21-22H,11-15H2,1-2H3;1H. The van der Waals surface area contributed by atoms with E-state index in [2.05, 4.69) is 58.6 Å². The molecule has 4 rings (SSSR count). The molecule has 1 heterocycles. The van der Waals surface area contributed by atoms with Crippen LogP contribution in [0.3, 0.4) is 0 Å². The van der Waals surface area contributed by atoms with Crippen molar-refractivity contribution in [3.05, 3.63) is 59.7 Å². The Morgan fingerprint density at radius 3 is 2.38 bits per heavy atom. The third-order valence-corrected chi connectivity index (χ3v) is 5.72. The molecule has 1 N–H and O–H groups in total. The number of para-hydroxylation sites is 2. The number of piperazine rings is 1. The molecule has 26 heavy (non-hydrogen) atoms. The molecule has 0 saturated carbocycles. The lowest BCUT2D eigenvalue weighted by atomic mass is 10.1. The maximum atomic E-state index is 5.54. The summed E-state index contributed by atoms with van der Waals surface area (Å²) in [6.07, 6.45) is 1.15. The molecule has 2 aromatic rings. The average molecular weight is 374 g/mol. The van der Waals surface area contributed by atoms with Gasteiger partial charge in [0.15, 0.2) is 0 Å². The first-order valence-corrected chi connectivity index (χ1v) is 9.19. The average Bonchev–Trinajstić information content (AvgIpc) is 3.06. The maximum absolute atomic E-state index is 5.54. The lowest BCUT2D eigenvalue weighted by Gasteiger charge is -2.41. The van der Waals surface area contributed by atoms with Crippen molar-refractivity contribution in [2.24, 2.45) is 0 Å². The predicted molar refractivity (Wildman–Crippen MR) is 110 cm³/mol. The Labute approximate surface area is 162 Å². The van der Waals surface area contributed by atoms with Crippen LogP contribution in [0.25, 0.3) is 0 Å². The monoisotopic (exact) mass is 373 g/mol. The molecule has 140 valence electrons. The van der Waals surface area contributed by atoms with Gasteiger partial charge in [-0.1, -0.05) is 36.4 Å². The highest BCUT2D eigenvalue weighted by atomic mass is 35.5. The lowest BCUT2D eigenvalue weighted by Crippen LogP contribution is -2.53. The lowest BCUT2D eigenvalue weighted by molar-refractivity contribution is 0.160. The van der Waals surface area contributed by atoms with Gasteiger partial charge in [-0.05, 0) is 36.7 Å². The third-order valence-electron chi connectivity index (χ3n) is 5.72. The number of hydrogen-bond acceptors (Lipinski definition) is 4. The van der Waals surface area contributed by atoms with Crippen molar-refractivity contribution >= 4 is 18.1 Å². The highest BCUT2D eigenvalue weighted by Gasteiger charge is 2.36. The van der Waals surface area contributed by atoms with Crippen molar-refractivity contribution in [1.82, 2.24) is 10.2 Å². The van der Waals surface area contributed by atoms with Gasteiger partial charge in [0.1, 0.15) is 5.75 Å². The van der Waals surface area contributed by atoms with E-state index in [1.807, 2.05) is 12.1 Å². The van der Waals surface area contributed by atoms with E-state index >= 15 is 0 Å². The Hall–Kier alpha value is -1.75. The van der Waals surface area contributed by atoms with Gasteiger partial charge in [0.05, 0.1) is 12.8 Å². The maximum Gasteiger partial charge on any atom is 0.142 e. The van der Waals surface area contributed by atoms with E-state index in [0.29, 0.717) is 12.1 Å². The fourth-order valence-corrected chi connectivity index (χ4v) is 4.45. The molecule has 1 fully saturated rings. The first-order chi connectivity index (χ1) is 12.3. The first kappa shape index (κ1) is 19.0. The van der Waals surface area contributed by atoms with Crippen molar-refractivity contribution in [2.45, 2.75) is 18.5 Å². The van der Waals surface area contributed by atoms with Crippen molar-refractivity contribution in [1.29, 1.82) is 0 Å². The van der Waals surface area contributed by atoms with E-state index in [-0.39, 0.29) is 12.4 Å². The number of benzene rings is 2. The van der Waals surface area contributed by atoms with Gasteiger partial charge in [-0.15, -0.1) is 12.4 Å². The highest BCUT2D eigenvalue weighted by molar-refractivity contribution is 5.85. The SMILES string of the molecule is CNC1c2ccccc2CC1N1CCN(c2ccccc2OC)CC1.Cl. The number of nitrogens with one attached hydrogen (secondary N) is 1. The minimum atomic E-state index is 0. The second-order valence-electron chi connectivity index (χ2n) is 6.93. The van der Waals surface area contributed by atoms with Crippen molar-refractivity contribution < 1.29 is 4.74 Å². The van der Waals surface area contributed by atoms with Gasteiger partial charge in [0, 0.05) is 38.3 Å². The van der Waals surface area contributed by atoms with Crippen LogP contribution in [0.5, 0.6) is 5.75 Å². The van der Waals surface area contributed by atoms with Gasteiger partial charge in [-0.3, -0.25) is 4.90 Å². The van der Waals surface area contributed by atoms with Crippen molar-refractivity contribution in [2.75, 3.05) is 45.2 Å². The first-order valence-electron chi connectivity index (χ1n) is 9.19. The van der Waals surface area contributed by atoms with Crippen molar-refractivity contribution in [3.63, 3.8) is 0 Å². The van der Waals surface area contributed by atoms with Gasteiger partial charge in [-0.2, -0.15) is 0 Å². The second kappa shape index (κ2) is 8.30. The molecule has 1 saturated heterocycles. The summed E-state index contributed by atoms with van der Waals surface area (Å²) in [6.45, 7) is 4.27. The molecule has 0 aromatic heterocycles. The topological polar surface area (TPSA) is 27.7 Å². The number of ether oxygens (including phenoxy) is 1. The smallest absolute Gasteiger partial charge is 0.142 e. The van der Waals surface area contributed by atoms with Crippen LogP contribution >= 0.6 is 12.4 Å². The summed E-state index contributed by atoms with van der Waals surface area (Å²) in [4.78, 5) is 5.11. The Bertz CT molecular complexity index is 731. The zero-order valence-electron chi connectivity index (χ0n) is 15.5. The van der Waals surface area contributed by atoms with Crippen LogP contribution in [0, 0.1) is 0 Å². The summed E-state index contributed by atoms with van der Waals surface area (Å²) in [6, 6.07) is 18.2. The fraction of sp³-hybridized carbons (Fsp3) is 0.429.